The maximum absolute atomic E-state index is 11.9. The summed E-state index contributed by atoms with van der Waals surface area (Å²) in [7, 11) is 0. The van der Waals surface area contributed by atoms with Gasteiger partial charge in [-0.2, -0.15) is 0 Å². The Bertz CT molecular complexity index is 543. The molecule has 2 N–H and O–H groups in total. The Morgan fingerprint density at radius 2 is 2.15 bits per heavy atom. The van der Waals surface area contributed by atoms with Crippen LogP contribution >= 0.6 is 0 Å². The molecule has 0 spiro atoms. The lowest BCUT2D eigenvalue weighted by molar-refractivity contribution is 0.0945. The fourth-order valence-electron chi connectivity index (χ4n) is 1.47. The van der Waals surface area contributed by atoms with Gasteiger partial charge in [0, 0.05) is 12.7 Å². The van der Waals surface area contributed by atoms with Gasteiger partial charge in [0.25, 0.3) is 5.91 Å². The minimum absolute atomic E-state index is 0.279. The molecule has 0 saturated carbocycles. The number of rotatable bonds is 6. The quantitative estimate of drug-likeness (QED) is 0.815. The van der Waals surface area contributed by atoms with Crippen LogP contribution in [0.25, 0.3) is 0 Å². The van der Waals surface area contributed by atoms with Gasteiger partial charge in [0.05, 0.1) is 24.6 Å². The van der Waals surface area contributed by atoms with Crippen LogP contribution in [0.5, 0.6) is 0 Å². The van der Waals surface area contributed by atoms with Crippen LogP contribution in [0.2, 0.25) is 0 Å². The van der Waals surface area contributed by atoms with E-state index in [0.29, 0.717) is 12.4 Å². The van der Waals surface area contributed by atoms with Gasteiger partial charge in [-0.15, -0.1) is 0 Å². The van der Waals surface area contributed by atoms with Gasteiger partial charge in [0.15, 0.2) is 0 Å². The number of aromatic nitrogens is 4. The molecule has 0 unspecified atom stereocenters. The van der Waals surface area contributed by atoms with Crippen molar-refractivity contribution in [2.75, 3.05) is 11.9 Å². The predicted molar refractivity (Wildman–Crippen MR) is 74.0 cm³/mol. The maximum Gasteiger partial charge on any atom is 0.271 e. The molecule has 0 fully saturated rings. The van der Waals surface area contributed by atoms with Gasteiger partial charge in [-0.3, -0.25) is 4.79 Å². The standard InChI is InChI=1S/C13H16N6O/c1-2-4-15-12-8-16-11(7-17-12)13(20)18-6-10-3-5-14-9-19-10/h3,5,7-9H,2,4,6H2,1H3,(H,15,17)(H,18,20). The molecule has 7 heteroatoms. The monoisotopic (exact) mass is 272 g/mol. The summed E-state index contributed by atoms with van der Waals surface area (Å²) in [6.07, 6.45) is 7.07. The summed E-state index contributed by atoms with van der Waals surface area (Å²) in [4.78, 5) is 27.9. The van der Waals surface area contributed by atoms with Crippen molar-refractivity contribution in [1.29, 1.82) is 0 Å². The fraction of sp³-hybridized carbons (Fsp3) is 0.308. The normalized spacial score (nSPS) is 10.1. The van der Waals surface area contributed by atoms with E-state index in [-0.39, 0.29) is 11.6 Å². The highest BCUT2D eigenvalue weighted by atomic mass is 16.1. The lowest BCUT2D eigenvalue weighted by Gasteiger charge is -2.05. The maximum atomic E-state index is 11.9. The second-order valence-electron chi connectivity index (χ2n) is 4.10. The van der Waals surface area contributed by atoms with E-state index in [4.69, 9.17) is 0 Å². The van der Waals surface area contributed by atoms with Gasteiger partial charge in [-0.25, -0.2) is 19.9 Å². The molecule has 2 aromatic rings. The first kappa shape index (κ1) is 13.9. The SMILES string of the molecule is CCCNc1cnc(C(=O)NCc2ccncn2)cn1. The molecule has 2 aromatic heterocycles. The summed E-state index contributed by atoms with van der Waals surface area (Å²) in [5.41, 5.74) is 1.02. The minimum Gasteiger partial charge on any atom is -0.369 e. The summed E-state index contributed by atoms with van der Waals surface area (Å²) in [5, 5.41) is 5.82. The molecular weight excluding hydrogens is 256 g/mol. The molecule has 2 rings (SSSR count). The fourth-order valence-corrected chi connectivity index (χ4v) is 1.47. The molecule has 0 aliphatic heterocycles. The highest BCUT2D eigenvalue weighted by Crippen LogP contribution is 2.01. The highest BCUT2D eigenvalue weighted by Gasteiger charge is 2.07. The van der Waals surface area contributed by atoms with E-state index in [1.807, 2.05) is 0 Å². The van der Waals surface area contributed by atoms with Crippen LogP contribution in [-0.4, -0.2) is 32.4 Å². The Labute approximate surface area is 116 Å². The molecule has 0 bridgehead atoms. The van der Waals surface area contributed by atoms with Crippen LogP contribution in [-0.2, 0) is 6.54 Å². The molecule has 0 aliphatic rings. The van der Waals surface area contributed by atoms with Gasteiger partial charge >= 0.3 is 0 Å². The molecule has 1 amide bonds. The molecule has 7 nitrogen and oxygen atoms in total. The van der Waals surface area contributed by atoms with Crippen LogP contribution in [0.4, 0.5) is 5.82 Å². The lowest BCUT2D eigenvalue weighted by atomic mass is 10.3. The second kappa shape index (κ2) is 7.13. The Kier molecular flexibility index (Phi) is 4.94. The van der Waals surface area contributed by atoms with Gasteiger partial charge in [-0.05, 0) is 12.5 Å². The van der Waals surface area contributed by atoms with E-state index in [9.17, 15) is 4.79 Å². The van der Waals surface area contributed by atoms with Crippen LogP contribution in [0.1, 0.15) is 29.5 Å². The highest BCUT2D eigenvalue weighted by molar-refractivity contribution is 5.91. The first-order chi connectivity index (χ1) is 9.79. The van der Waals surface area contributed by atoms with Crippen LogP contribution in [0.15, 0.2) is 31.0 Å². The number of hydrogen-bond donors (Lipinski definition) is 2. The zero-order valence-corrected chi connectivity index (χ0v) is 11.2. The molecule has 20 heavy (non-hydrogen) atoms. The molecule has 104 valence electrons. The van der Waals surface area contributed by atoms with Crippen molar-refractivity contribution in [3.8, 4) is 0 Å². The zero-order valence-electron chi connectivity index (χ0n) is 11.2. The summed E-state index contributed by atoms with van der Waals surface area (Å²) >= 11 is 0. The third kappa shape index (κ3) is 3.98. The number of nitrogens with zero attached hydrogens (tertiary/aromatic N) is 4. The molecule has 0 radical (unpaired) electrons. The molecule has 2 heterocycles. The lowest BCUT2D eigenvalue weighted by Crippen LogP contribution is -2.24. The summed E-state index contributed by atoms with van der Waals surface area (Å²) in [6, 6.07) is 1.74. The van der Waals surface area contributed by atoms with Crippen LogP contribution in [0.3, 0.4) is 0 Å². The van der Waals surface area contributed by atoms with Crippen molar-refractivity contribution in [3.63, 3.8) is 0 Å². The molecule has 0 aliphatic carbocycles. The van der Waals surface area contributed by atoms with E-state index in [2.05, 4.69) is 37.5 Å². The van der Waals surface area contributed by atoms with Gasteiger partial charge in [0.1, 0.15) is 17.8 Å². The van der Waals surface area contributed by atoms with Crippen LogP contribution in [0, 0.1) is 0 Å². The third-order valence-electron chi connectivity index (χ3n) is 2.51. The average molecular weight is 272 g/mol. The largest absolute Gasteiger partial charge is 0.369 e. The summed E-state index contributed by atoms with van der Waals surface area (Å²) in [5.74, 6) is 0.386. The van der Waals surface area contributed by atoms with E-state index >= 15 is 0 Å². The molecule has 0 saturated heterocycles. The second-order valence-corrected chi connectivity index (χ2v) is 4.10. The van der Waals surface area contributed by atoms with Crippen LogP contribution < -0.4 is 10.6 Å². The molecular formula is C13H16N6O. The number of nitrogens with one attached hydrogen (secondary N) is 2. The molecule has 0 atom stereocenters. The zero-order chi connectivity index (χ0) is 14.2. The Balaban J connectivity index is 1.89. The Hall–Kier alpha value is -2.57. The van der Waals surface area contributed by atoms with Gasteiger partial charge < -0.3 is 10.6 Å². The van der Waals surface area contributed by atoms with E-state index in [1.165, 1.54) is 12.5 Å². The van der Waals surface area contributed by atoms with Crippen molar-refractivity contribution < 1.29 is 4.79 Å². The number of hydrogen-bond acceptors (Lipinski definition) is 6. The number of carbonyl (C=O) groups excluding carboxylic acids is 1. The minimum atomic E-state index is -0.279. The number of amides is 1. The summed E-state index contributed by atoms with van der Waals surface area (Å²) in [6.45, 7) is 3.22. The average Bonchev–Trinajstić information content (AvgIpc) is 2.52. The first-order valence-corrected chi connectivity index (χ1v) is 6.38. The smallest absolute Gasteiger partial charge is 0.271 e. The van der Waals surface area contributed by atoms with Gasteiger partial charge in [0.2, 0.25) is 0 Å². The van der Waals surface area contributed by atoms with Crippen molar-refractivity contribution in [2.24, 2.45) is 0 Å². The number of carbonyl (C=O) groups is 1. The number of anilines is 1. The van der Waals surface area contributed by atoms with Crippen molar-refractivity contribution in [2.45, 2.75) is 19.9 Å². The van der Waals surface area contributed by atoms with Gasteiger partial charge in [-0.1, -0.05) is 6.92 Å². The predicted octanol–water partition coefficient (Wildman–Crippen LogP) is 1.02. The van der Waals surface area contributed by atoms with Crippen molar-refractivity contribution in [3.05, 3.63) is 42.4 Å². The molecule has 0 aromatic carbocycles. The Morgan fingerprint density at radius 1 is 1.25 bits per heavy atom. The summed E-state index contributed by atoms with van der Waals surface area (Å²) < 4.78 is 0. The topological polar surface area (TPSA) is 92.7 Å². The van der Waals surface area contributed by atoms with E-state index in [0.717, 1.165) is 18.7 Å². The third-order valence-corrected chi connectivity index (χ3v) is 2.51. The van der Waals surface area contributed by atoms with E-state index < -0.39 is 0 Å². The van der Waals surface area contributed by atoms with Crippen molar-refractivity contribution in [1.82, 2.24) is 25.3 Å². The Morgan fingerprint density at radius 3 is 2.80 bits per heavy atom. The van der Waals surface area contributed by atoms with Crippen molar-refractivity contribution >= 4 is 11.7 Å². The van der Waals surface area contributed by atoms with E-state index in [1.54, 1.807) is 18.5 Å². The first-order valence-electron chi connectivity index (χ1n) is 6.38.